The van der Waals surface area contributed by atoms with Crippen molar-refractivity contribution in [1.82, 2.24) is 5.32 Å². The van der Waals surface area contributed by atoms with E-state index in [1.165, 1.54) is 6.08 Å². The highest BCUT2D eigenvalue weighted by Gasteiger charge is 2.17. The van der Waals surface area contributed by atoms with Crippen molar-refractivity contribution < 1.29 is 17.8 Å². The molecule has 0 spiro atoms. The number of carbonyl (C=O) groups is 1. The van der Waals surface area contributed by atoms with E-state index >= 15 is 0 Å². The minimum atomic E-state index is -3.94. The molecule has 16 heavy (non-hydrogen) atoms. The van der Waals surface area contributed by atoms with Crippen LogP contribution in [-0.4, -0.2) is 30.7 Å². The molecule has 0 saturated carbocycles. The summed E-state index contributed by atoms with van der Waals surface area (Å²) in [4.78, 5) is 11.1. The van der Waals surface area contributed by atoms with Gasteiger partial charge in [-0.2, -0.15) is 8.42 Å². The van der Waals surface area contributed by atoms with E-state index < -0.39 is 10.1 Å². The third kappa shape index (κ3) is 7.42. The predicted molar refractivity (Wildman–Crippen MR) is 62.6 cm³/mol. The lowest BCUT2D eigenvalue weighted by Gasteiger charge is -2.19. The van der Waals surface area contributed by atoms with Crippen LogP contribution in [0.2, 0.25) is 0 Å². The summed E-state index contributed by atoms with van der Waals surface area (Å²) in [6.45, 7) is 6.95. The van der Waals surface area contributed by atoms with Gasteiger partial charge in [-0.05, 0) is 24.8 Å². The summed E-state index contributed by atoms with van der Waals surface area (Å²) in [7, 11) is -3.94. The fraction of sp³-hybridized carbons (Fsp3) is 0.700. The number of hydrogen-bond acceptors (Lipinski definition) is 3. The molecule has 5 nitrogen and oxygen atoms in total. The molecule has 0 bridgehead atoms. The molecule has 2 unspecified atom stereocenters. The Bertz CT molecular complexity index is 337. The first-order chi connectivity index (χ1) is 7.28. The first-order valence-electron chi connectivity index (χ1n) is 5.16. The molecule has 0 heterocycles. The molecule has 0 aromatic rings. The summed E-state index contributed by atoms with van der Waals surface area (Å²) in [5, 5.41) is 2.70. The Morgan fingerprint density at radius 3 is 2.50 bits per heavy atom. The average molecular weight is 249 g/mol. The fourth-order valence-electron chi connectivity index (χ4n) is 1.50. The van der Waals surface area contributed by atoms with Gasteiger partial charge in [0, 0.05) is 6.04 Å². The third-order valence-corrected chi connectivity index (χ3v) is 3.20. The number of carbonyl (C=O) groups excluding carboxylic acids is 1. The first-order valence-corrected chi connectivity index (χ1v) is 6.77. The van der Waals surface area contributed by atoms with Crippen molar-refractivity contribution in [3.8, 4) is 0 Å². The normalized spacial score (nSPS) is 15.2. The molecular formula is C10H19NO4S. The summed E-state index contributed by atoms with van der Waals surface area (Å²) in [6, 6.07) is -0.0951. The number of rotatable bonds is 7. The van der Waals surface area contributed by atoms with E-state index in [1.54, 1.807) is 6.92 Å². The summed E-state index contributed by atoms with van der Waals surface area (Å²) in [5.41, 5.74) is 0. The smallest absolute Gasteiger partial charge is 0.265 e. The third-order valence-electron chi connectivity index (χ3n) is 2.21. The Morgan fingerprint density at radius 2 is 2.12 bits per heavy atom. The maximum absolute atomic E-state index is 11.1. The molecule has 0 fully saturated rings. The molecule has 94 valence electrons. The molecule has 0 aromatic heterocycles. The molecule has 2 N–H and O–H groups in total. The first kappa shape index (κ1) is 15.1. The number of hydrogen-bond donors (Lipinski definition) is 2. The van der Waals surface area contributed by atoms with Gasteiger partial charge in [-0.1, -0.05) is 20.4 Å². The summed E-state index contributed by atoms with van der Waals surface area (Å²) in [6.07, 6.45) is 2.39. The van der Waals surface area contributed by atoms with Gasteiger partial charge >= 0.3 is 0 Å². The molecule has 6 heteroatoms. The van der Waals surface area contributed by atoms with Crippen molar-refractivity contribution in [2.75, 3.05) is 5.75 Å². The molecule has 0 radical (unpaired) electrons. The lowest BCUT2D eigenvalue weighted by atomic mass is 10.0. The molecule has 0 rings (SSSR count). The molecule has 0 aliphatic rings. The summed E-state index contributed by atoms with van der Waals surface area (Å²) in [5.74, 6) is -0.760. The van der Waals surface area contributed by atoms with Gasteiger partial charge in [0.15, 0.2) is 0 Å². The SMILES string of the molecule is C=CC(=O)NC(CC)CC(C)CS(=O)(=O)O. The molecule has 0 aliphatic heterocycles. The average Bonchev–Trinajstić information content (AvgIpc) is 2.13. The van der Waals surface area contributed by atoms with E-state index in [0.717, 1.165) is 0 Å². The van der Waals surface area contributed by atoms with E-state index in [0.29, 0.717) is 12.8 Å². The molecule has 2 atom stereocenters. The maximum Gasteiger partial charge on any atom is 0.265 e. The molecule has 1 amide bonds. The second kappa shape index (κ2) is 6.65. The van der Waals surface area contributed by atoms with Crippen molar-refractivity contribution in [3.63, 3.8) is 0 Å². The lowest BCUT2D eigenvalue weighted by Crippen LogP contribution is -2.35. The van der Waals surface area contributed by atoms with E-state index in [4.69, 9.17) is 4.55 Å². The Balaban J connectivity index is 4.21. The second-order valence-electron chi connectivity index (χ2n) is 3.91. The monoisotopic (exact) mass is 249 g/mol. The van der Waals surface area contributed by atoms with Crippen molar-refractivity contribution in [1.29, 1.82) is 0 Å². The van der Waals surface area contributed by atoms with Crippen LogP contribution in [0.3, 0.4) is 0 Å². The van der Waals surface area contributed by atoms with Crippen LogP contribution in [0.15, 0.2) is 12.7 Å². The Kier molecular flexibility index (Phi) is 6.28. The zero-order chi connectivity index (χ0) is 12.8. The van der Waals surface area contributed by atoms with Crippen LogP contribution in [0.25, 0.3) is 0 Å². The lowest BCUT2D eigenvalue weighted by molar-refractivity contribution is -0.117. The van der Waals surface area contributed by atoms with Gasteiger partial charge in [-0.25, -0.2) is 0 Å². The minimum Gasteiger partial charge on any atom is -0.350 e. The van der Waals surface area contributed by atoms with Gasteiger partial charge in [0.05, 0.1) is 5.75 Å². The molecule has 0 aliphatic carbocycles. The fourth-order valence-corrected chi connectivity index (χ4v) is 2.36. The van der Waals surface area contributed by atoms with Crippen LogP contribution in [0.5, 0.6) is 0 Å². The largest absolute Gasteiger partial charge is 0.350 e. The summed E-state index contributed by atoms with van der Waals surface area (Å²) >= 11 is 0. The van der Waals surface area contributed by atoms with Crippen LogP contribution in [0.4, 0.5) is 0 Å². The van der Waals surface area contributed by atoms with Crippen molar-refractivity contribution in [3.05, 3.63) is 12.7 Å². The van der Waals surface area contributed by atoms with E-state index in [-0.39, 0.29) is 23.6 Å². The number of amides is 1. The van der Waals surface area contributed by atoms with Gasteiger partial charge in [-0.3, -0.25) is 9.35 Å². The Morgan fingerprint density at radius 1 is 1.56 bits per heavy atom. The second-order valence-corrected chi connectivity index (χ2v) is 5.40. The van der Waals surface area contributed by atoms with Crippen molar-refractivity contribution in [2.24, 2.45) is 5.92 Å². The number of nitrogens with one attached hydrogen (secondary N) is 1. The van der Waals surface area contributed by atoms with Crippen LogP contribution in [-0.2, 0) is 14.9 Å². The van der Waals surface area contributed by atoms with Crippen LogP contribution in [0, 0.1) is 5.92 Å². The van der Waals surface area contributed by atoms with Gasteiger partial charge in [0.1, 0.15) is 0 Å². The highest BCUT2D eigenvalue weighted by atomic mass is 32.2. The van der Waals surface area contributed by atoms with E-state index in [1.807, 2.05) is 6.92 Å². The predicted octanol–water partition coefficient (Wildman–Crippen LogP) is 0.981. The molecule has 0 aromatic carbocycles. The minimum absolute atomic E-state index is 0.0951. The van der Waals surface area contributed by atoms with Crippen molar-refractivity contribution >= 4 is 16.0 Å². The van der Waals surface area contributed by atoms with Crippen LogP contribution >= 0.6 is 0 Å². The van der Waals surface area contributed by atoms with Crippen LogP contribution < -0.4 is 5.32 Å². The van der Waals surface area contributed by atoms with Gasteiger partial charge in [0.2, 0.25) is 5.91 Å². The molecular weight excluding hydrogens is 230 g/mol. The zero-order valence-corrected chi connectivity index (χ0v) is 10.5. The standard InChI is InChI=1S/C10H19NO4S/c1-4-9(11-10(12)5-2)6-8(3)7-16(13,14)15/h5,8-9H,2,4,6-7H2,1,3H3,(H,11,12)(H,13,14,15). The highest BCUT2D eigenvalue weighted by molar-refractivity contribution is 7.85. The quantitative estimate of drug-likeness (QED) is 0.520. The zero-order valence-electron chi connectivity index (χ0n) is 9.64. The van der Waals surface area contributed by atoms with Crippen molar-refractivity contribution in [2.45, 2.75) is 32.7 Å². The van der Waals surface area contributed by atoms with E-state index in [9.17, 15) is 13.2 Å². The summed E-state index contributed by atoms with van der Waals surface area (Å²) < 4.78 is 30.0. The Labute approximate surface area is 96.7 Å². The van der Waals surface area contributed by atoms with Gasteiger partial charge in [0.25, 0.3) is 10.1 Å². The topological polar surface area (TPSA) is 83.5 Å². The maximum atomic E-state index is 11.1. The van der Waals surface area contributed by atoms with Gasteiger partial charge < -0.3 is 5.32 Å². The Hall–Kier alpha value is -0.880. The highest BCUT2D eigenvalue weighted by Crippen LogP contribution is 2.10. The van der Waals surface area contributed by atoms with Crippen LogP contribution in [0.1, 0.15) is 26.7 Å². The van der Waals surface area contributed by atoms with E-state index in [2.05, 4.69) is 11.9 Å². The van der Waals surface area contributed by atoms with Gasteiger partial charge in [-0.15, -0.1) is 0 Å². The molecule has 0 saturated heterocycles.